The van der Waals surface area contributed by atoms with Gasteiger partial charge in [0.1, 0.15) is 0 Å². The van der Waals surface area contributed by atoms with Crippen LogP contribution in [0.3, 0.4) is 0 Å². The molecule has 2 aliphatic heterocycles. The van der Waals surface area contributed by atoms with E-state index in [0.717, 1.165) is 25.0 Å². The van der Waals surface area contributed by atoms with Crippen molar-refractivity contribution in [2.45, 2.75) is 63.1 Å². The van der Waals surface area contributed by atoms with Gasteiger partial charge in [-0.25, -0.2) is 4.79 Å². The highest BCUT2D eigenvalue weighted by atomic mass is 19.4. The predicted molar refractivity (Wildman–Crippen MR) is 89.8 cm³/mol. The molecule has 0 bridgehead atoms. The van der Waals surface area contributed by atoms with Crippen molar-refractivity contribution < 1.29 is 32.2 Å². The van der Waals surface area contributed by atoms with Crippen molar-refractivity contribution in [3.05, 3.63) is 35.4 Å². The summed E-state index contributed by atoms with van der Waals surface area (Å²) in [5, 5.41) is 0. The molecule has 0 aromatic heterocycles. The molecule has 0 saturated carbocycles. The van der Waals surface area contributed by atoms with Crippen LogP contribution in [-0.4, -0.2) is 48.2 Å². The number of esters is 1. The summed E-state index contributed by atoms with van der Waals surface area (Å²) in [5.74, 6) is -0.627. The minimum absolute atomic E-state index is 0.00852. The number of hydrogen-bond acceptors (Lipinski definition) is 4. The van der Waals surface area contributed by atoms with Crippen molar-refractivity contribution >= 4 is 11.9 Å². The van der Waals surface area contributed by atoms with Crippen LogP contribution < -0.4 is 0 Å². The standard InChI is InChI=1S/C19H22F3NO4/c1-11-3-8-15-14(10-16(27-15)18(25)26-2)23(11)17(24)9-12-4-6-13(7-5-12)19(20,21)22/h4-7,11,14-16H,3,8-10H2,1-2H3/t11-,14+,15-,16-/m0/s1. The van der Waals surface area contributed by atoms with E-state index in [9.17, 15) is 22.8 Å². The zero-order valence-electron chi connectivity index (χ0n) is 15.2. The van der Waals surface area contributed by atoms with Crippen molar-refractivity contribution in [2.24, 2.45) is 0 Å². The van der Waals surface area contributed by atoms with Gasteiger partial charge in [0.15, 0.2) is 6.10 Å². The summed E-state index contributed by atoms with van der Waals surface area (Å²) < 4.78 is 48.5. The number of piperidine rings is 1. The maximum Gasteiger partial charge on any atom is 0.416 e. The Balaban J connectivity index is 1.72. The zero-order chi connectivity index (χ0) is 19.8. The molecular formula is C19H22F3NO4. The van der Waals surface area contributed by atoms with E-state index in [1.807, 2.05) is 6.92 Å². The Kier molecular flexibility index (Phi) is 5.46. The smallest absolute Gasteiger partial charge is 0.416 e. The summed E-state index contributed by atoms with van der Waals surface area (Å²) in [6, 6.07) is 4.38. The molecule has 1 aromatic rings. The van der Waals surface area contributed by atoms with Gasteiger partial charge in [-0.05, 0) is 37.5 Å². The number of alkyl halides is 3. The van der Waals surface area contributed by atoms with Crippen LogP contribution in [0, 0.1) is 0 Å². The van der Waals surface area contributed by atoms with Crippen molar-refractivity contribution in [1.82, 2.24) is 4.90 Å². The van der Waals surface area contributed by atoms with E-state index in [4.69, 9.17) is 9.47 Å². The van der Waals surface area contributed by atoms with Crippen LogP contribution in [0.1, 0.15) is 37.3 Å². The first-order chi connectivity index (χ1) is 12.7. The molecule has 8 heteroatoms. The van der Waals surface area contributed by atoms with Gasteiger partial charge >= 0.3 is 12.1 Å². The number of fused-ring (bicyclic) bond motifs is 1. The van der Waals surface area contributed by atoms with Crippen molar-refractivity contribution in [1.29, 1.82) is 0 Å². The number of methoxy groups -OCH3 is 1. The largest absolute Gasteiger partial charge is 0.467 e. The Morgan fingerprint density at radius 2 is 1.89 bits per heavy atom. The number of carbonyl (C=O) groups excluding carboxylic acids is 2. The molecule has 27 heavy (non-hydrogen) atoms. The van der Waals surface area contributed by atoms with Crippen molar-refractivity contribution in [3.8, 4) is 0 Å². The number of hydrogen-bond donors (Lipinski definition) is 0. The molecule has 1 aromatic carbocycles. The molecule has 4 atom stereocenters. The van der Waals surface area contributed by atoms with E-state index in [2.05, 4.69) is 0 Å². The van der Waals surface area contributed by atoms with E-state index in [1.54, 1.807) is 4.90 Å². The van der Waals surface area contributed by atoms with Gasteiger partial charge in [-0.15, -0.1) is 0 Å². The molecule has 5 nitrogen and oxygen atoms in total. The number of benzene rings is 1. The van der Waals surface area contributed by atoms with Crippen LogP contribution in [-0.2, 0) is 31.7 Å². The molecule has 2 aliphatic rings. The highest BCUT2D eigenvalue weighted by Gasteiger charge is 2.47. The Hall–Kier alpha value is -2.09. The molecule has 0 spiro atoms. The van der Waals surface area contributed by atoms with Gasteiger partial charge in [-0.3, -0.25) is 4.79 Å². The lowest BCUT2D eigenvalue weighted by Gasteiger charge is -2.41. The van der Waals surface area contributed by atoms with E-state index < -0.39 is 23.8 Å². The summed E-state index contributed by atoms with van der Waals surface area (Å²) in [5.41, 5.74) is -0.221. The monoisotopic (exact) mass is 385 g/mol. The van der Waals surface area contributed by atoms with Crippen LogP contribution >= 0.6 is 0 Å². The first kappa shape index (κ1) is 19.7. The minimum atomic E-state index is -4.40. The van der Waals surface area contributed by atoms with Gasteiger partial charge < -0.3 is 14.4 Å². The fourth-order valence-electron chi connectivity index (χ4n) is 3.94. The van der Waals surface area contributed by atoms with Crippen molar-refractivity contribution in [2.75, 3.05) is 7.11 Å². The van der Waals surface area contributed by atoms with E-state index >= 15 is 0 Å². The first-order valence-corrected chi connectivity index (χ1v) is 8.91. The molecule has 148 valence electrons. The zero-order valence-corrected chi connectivity index (χ0v) is 15.2. The topological polar surface area (TPSA) is 55.8 Å². The number of amides is 1. The van der Waals surface area contributed by atoms with Gasteiger partial charge in [-0.1, -0.05) is 12.1 Å². The normalized spacial score (nSPS) is 28.0. The van der Waals surface area contributed by atoms with Crippen LogP contribution in [0.4, 0.5) is 13.2 Å². The average Bonchev–Trinajstić information content (AvgIpc) is 3.04. The van der Waals surface area contributed by atoms with E-state index in [-0.39, 0.29) is 30.5 Å². The maximum atomic E-state index is 12.9. The van der Waals surface area contributed by atoms with Gasteiger partial charge in [0.25, 0.3) is 0 Å². The van der Waals surface area contributed by atoms with Crippen LogP contribution in [0.15, 0.2) is 24.3 Å². The van der Waals surface area contributed by atoms with Gasteiger partial charge in [0.05, 0.1) is 31.2 Å². The third-order valence-corrected chi connectivity index (χ3v) is 5.31. The Morgan fingerprint density at radius 1 is 1.22 bits per heavy atom. The lowest BCUT2D eigenvalue weighted by molar-refractivity contribution is -0.154. The fraction of sp³-hybridized carbons (Fsp3) is 0.579. The second kappa shape index (κ2) is 7.50. The highest BCUT2D eigenvalue weighted by molar-refractivity contribution is 5.80. The number of nitrogens with zero attached hydrogens (tertiary/aromatic N) is 1. The molecular weight excluding hydrogens is 363 g/mol. The SMILES string of the molecule is COC(=O)[C@@H]1C[C@@H]2[C@H](CC[C@H](C)N2C(=O)Cc2ccc(C(F)(F)F)cc2)O1. The Morgan fingerprint density at radius 3 is 2.48 bits per heavy atom. The number of likely N-dealkylation sites (tertiary alicyclic amines) is 1. The van der Waals surface area contributed by atoms with Crippen LogP contribution in [0.25, 0.3) is 0 Å². The van der Waals surface area contributed by atoms with Crippen LogP contribution in [0.5, 0.6) is 0 Å². The van der Waals surface area contributed by atoms with Crippen LogP contribution in [0.2, 0.25) is 0 Å². The van der Waals surface area contributed by atoms with Gasteiger partial charge in [-0.2, -0.15) is 13.2 Å². The lowest BCUT2D eigenvalue weighted by Crippen LogP contribution is -2.53. The lowest BCUT2D eigenvalue weighted by atomic mass is 9.92. The number of rotatable bonds is 3. The highest BCUT2D eigenvalue weighted by Crippen LogP contribution is 2.36. The minimum Gasteiger partial charge on any atom is -0.467 e. The molecule has 2 fully saturated rings. The summed E-state index contributed by atoms with van der Waals surface area (Å²) in [7, 11) is 1.30. The quantitative estimate of drug-likeness (QED) is 0.751. The average molecular weight is 385 g/mol. The number of carbonyl (C=O) groups is 2. The maximum absolute atomic E-state index is 12.9. The molecule has 3 rings (SSSR count). The molecule has 0 aliphatic carbocycles. The molecule has 2 heterocycles. The molecule has 2 saturated heterocycles. The van der Waals surface area contributed by atoms with Crippen molar-refractivity contribution in [3.63, 3.8) is 0 Å². The van der Waals surface area contributed by atoms with Gasteiger partial charge in [0, 0.05) is 12.5 Å². The molecule has 1 amide bonds. The summed E-state index contributed by atoms with van der Waals surface area (Å²) in [6.07, 6.45) is -3.42. The Labute approximate surface area is 155 Å². The third-order valence-electron chi connectivity index (χ3n) is 5.31. The fourth-order valence-corrected chi connectivity index (χ4v) is 3.94. The predicted octanol–water partition coefficient (Wildman–Crippen LogP) is 2.96. The summed E-state index contributed by atoms with van der Waals surface area (Å²) in [6.45, 7) is 1.94. The third kappa shape index (κ3) is 4.10. The van der Waals surface area contributed by atoms with E-state index in [1.165, 1.54) is 19.2 Å². The second-order valence-electron chi connectivity index (χ2n) is 7.09. The van der Waals surface area contributed by atoms with E-state index in [0.29, 0.717) is 12.0 Å². The first-order valence-electron chi connectivity index (χ1n) is 8.91. The molecule has 0 N–H and O–H groups in total. The second-order valence-corrected chi connectivity index (χ2v) is 7.09. The van der Waals surface area contributed by atoms with Gasteiger partial charge in [0.2, 0.25) is 5.91 Å². The number of halogens is 3. The summed E-state index contributed by atoms with van der Waals surface area (Å²) in [4.78, 5) is 26.4. The molecule has 0 unspecified atom stereocenters. The summed E-state index contributed by atoms with van der Waals surface area (Å²) >= 11 is 0. The number of ether oxygens (including phenoxy) is 2. The Bertz CT molecular complexity index is 704. The molecule has 0 radical (unpaired) electrons.